The van der Waals surface area contributed by atoms with E-state index in [1.807, 2.05) is 26.8 Å². The lowest BCUT2D eigenvalue weighted by atomic mass is 10.1. The third-order valence-electron chi connectivity index (χ3n) is 5.44. The van der Waals surface area contributed by atoms with Crippen LogP contribution in [0.2, 0.25) is 5.02 Å². The Balaban J connectivity index is 1.58. The van der Waals surface area contributed by atoms with E-state index in [-0.39, 0.29) is 23.3 Å². The molecule has 0 bridgehead atoms. The van der Waals surface area contributed by atoms with Gasteiger partial charge in [-0.25, -0.2) is 4.98 Å². The second kappa shape index (κ2) is 9.80. The predicted molar refractivity (Wildman–Crippen MR) is 134 cm³/mol. The number of hydrogen-bond acceptors (Lipinski definition) is 7. The predicted octanol–water partition coefficient (Wildman–Crippen LogP) is 5.12. The summed E-state index contributed by atoms with van der Waals surface area (Å²) in [6.45, 7) is 7.67. The number of thiazole rings is 1. The number of aromatic nitrogens is 3. The average Bonchev–Trinajstić information content (AvgIpc) is 3.20. The van der Waals surface area contributed by atoms with Crippen molar-refractivity contribution < 1.29 is 4.79 Å². The lowest BCUT2D eigenvalue weighted by molar-refractivity contribution is -0.113. The summed E-state index contributed by atoms with van der Waals surface area (Å²) in [6.07, 6.45) is 3.52. The number of fused-ring (bicyclic) bond motifs is 1. The van der Waals surface area contributed by atoms with Gasteiger partial charge in [0.1, 0.15) is 4.70 Å². The Kier molecular flexibility index (Phi) is 7.07. The van der Waals surface area contributed by atoms with Crippen LogP contribution in [0.4, 0.5) is 10.8 Å². The van der Waals surface area contributed by atoms with Crippen molar-refractivity contribution in [2.24, 2.45) is 0 Å². The molecule has 0 spiro atoms. The molecule has 1 saturated heterocycles. The van der Waals surface area contributed by atoms with Gasteiger partial charge in [-0.3, -0.25) is 14.2 Å². The van der Waals surface area contributed by atoms with Gasteiger partial charge in [0.25, 0.3) is 5.56 Å². The number of carbonyl (C=O) groups is 1. The zero-order valence-corrected chi connectivity index (χ0v) is 20.7. The Bertz CT molecular complexity index is 1200. The van der Waals surface area contributed by atoms with Crippen LogP contribution in [0.1, 0.15) is 44.7 Å². The van der Waals surface area contributed by atoms with Gasteiger partial charge < -0.3 is 10.2 Å². The van der Waals surface area contributed by atoms with Crippen molar-refractivity contribution in [3.8, 4) is 0 Å². The van der Waals surface area contributed by atoms with Gasteiger partial charge >= 0.3 is 0 Å². The number of carbonyl (C=O) groups excluding carboxylic acids is 1. The molecule has 0 radical (unpaired) electrons. The molecule has 0 saturated carbocycles. The molecule has 1 fully saturated rings. The van der Waals surface area contributed by atoms with Crippen molar-refractivity contribution in [1.82, 2.24) is 14.5 Å². The van der Waals surface area contributed by atoms with Crippen LogP contribution < -0.4 is 15.8 Å². The summed E-state index contributed by atoms with van der Waals surface area (Å²) in [6, 6.07) is 5.32. The van der Waals surface area contributed by atoms with E-state index in [0.717, 1.165) is 36.6 Å². The zero-order valence-electron chi connectivity index (χ0n) is 18.4. The minimum Gasteiger partial charge on any atom is -0.348 e. The van der Waals surface area contributed by atoms with Gasteiger partial charge in [-0.1, -0.05) is 40.8 Å². The van der Waals surface area contributed by atoms with Crippen LogP contribution in [0.5, 0.6) is 0 Å². The van der Waals surface area contributed by atoms with E-state index in [9.17, 15) is 9.59 Å². The smallest absolute Gasteiger partial charge is 0.274 e. The van der Waals surface area contributed by atoms with E-state index in [0.29, 0.717) is 26.2 Å². The number of piperidine rings is 1. The molecule has 3 aromatic rings. The Hall–Kier alpha value is -2.10. The molecule has 0 unspecified atom stereocenters. The van der Waals surface area contributed by atoms with Gasteiger partial charge in [-0.05, 0) is 57.7 Å². The zero-order chi connectivity index (χ0) is 22.8. The highest BCUT2D eigenvalue weighted by Gasteiger charge is 2.21. The Labute approximate surface area is 200 Å². The topological polar surface area (TPSA) is 80.1 Å². The van der Waals surface area contributed by atoms with Crippen LogP contribution in [-0.2, 0) is 4.79 Å². The lowest BCUT2D eigenvalue weighted by Gasteiger charge is -2.25. The van der Waals surface area contributed by atoms with Crippen molar-refractivity contribution in [1.29, 1.82) is 0 Å². The van der Waals surface area contributed by atoms with Crippen molar-refractivity contribution in [2.75, 3.05) is 29.1 Å². The number of nitrogens with zero attached hydrogens (tertiary/aromatic N) is 4. The molecule has 1 aliphatic heterocycles. The highest BCUT2D eigenvalue weighted by atomic mass is 35.5. The van der Waals surface area contributed by atoms with Crippen LogP contribution >= 0.6 is 34.7 Å². The minimum atomic E-state index is -0.183. The molecule has 170 valence electrons. The van der Waals surface area contributed by atoms with E-state index in [1.54, 1.807) is 16.7 Å². The van der Waals surface area contributed by atoms with Gasteiger partial charge in [0.2, 0.25) is 5.91 Å². The average molecular weight is 492 g/mol. The fraction of sp³-hybridized carbons (Fsp3) is 0.455. The maximum atomic E-state index is 13.3. The molecule has 1 aromatic carbocycles. The number of amides is 1. The van der Waals surface area contributed by atoms with Crippen molar-refractivity contribution in [3.63, 3.8) is 0 Å². The normalized spacial score (nSPS) is 14.3. The number of nitrogens with one attached hydrogen (secondary N) is 1. The van der Waals surface area contributed by atoms with Gasteiger partial charge in [0.05, 0.1) is 5.75 Å². The highest BCUT2D eigenvalue weighted by molar-refractivity contribution is 7.99. The number of benzene rings is 1. The molecule has 3 heterocycles. The molecular formula is C22H26ClN5O2S2. The van der Waals surface area contributed by atoms with Crippen LogP contribution in [-0.4, -0.2) is 39.3 Å². The van der Waals surface area contributed by atoms with Gasteiger partial charge in [0.15, 0.2) is 15.9 Å². The number of hydrogen-bond donors (Lipinski definition) is 1. The van der Waals surface area contributed by atoms with Crippen LogP contribution in [0, 0.1) is 6.92 Å². The summed E-state index contributed by atoms with van der Waals surface area (Å²) in [5, 5.41) is 4.85. The van der Waals surface area contributed by atoms with E-state index >= 15 is 0 Å². The molecule has 0 aliphatic carbocycles. The number of halogens is 1. The molecule has 1 N–H and O–H groups in total. The summed E-state index contributed by atoms with van der Waals surface area (Å²) in [5.41, 5.74) is 1.86. The molecule has 4 rings (SSSR count). The summed E-state index contributed by atoms with van der Waals surface area (Å²) in [4.78, 5) is 37.4. The second-order valence-electron chi connectivity index (χ2n) is 8.11. The first-order valence-electron chi connectivity index (χ1n) is 10.7. The van der Waals surface area contributed by atoms with Crippen LogP contribution in [0.25, 0.3) is 10.3 Å². The Morgan fingerprint density at radius 2 is 2.00 bits per heavy atom. The maximum absolute atomic E-state index is 13.3. The van der Waals surface area contributed by atoms with E-state index in [1.165, 1.54) is 29.5 Å². The van der Waals surface area contributed by atoms with Crippen molar-refractivity contribution >= 4 is 61.8 Å². The third-order valence-corrected chi connectivity index (χ3v) is 7.89. The standard InChI is InChI=1S/C22H26ClN5O2S2/c1-13(2)28-20(30)18-19(25-21(32-18)27-10-5-4-6-11-27)26-22(28)31-12-17(29)24-16-9-7-8-15(23)14(16)3/h7-9,13H,4-6,10-12H2,1-3H3,(H,24,29). The molecular weight excluding hydrogens is 466 g/mol. The van der Waals surface area contributed by atoms with Gasteiger partial charge in [0, 0.05) is 29.8 Å². The largest absolute Gasteiger partial charge is 0.348 e. The maximum Gasteiger partial charge on any atom is 0.274 e. The van der Waals surface area contributed by atoms with E-state index < -0.39 is 0 Å². The quantitative estimate of drug-likeness (QED) is 0.381. The number of anilines is 2. The molecule has 2 aromatic heterocycles. The van der Waals surface area contributed by atoms with Gasteiger partial charge in [-0.15, -0.1) is 0 Å². The van der Waals surface area contributed by atoms with E-state index in [2.05, 4.69) is 20.2 Å². The number of thioether (sulfide) groups is 1. The molecule has 1 amide bonds. The third kappa shape index (κ3) is 4.79. The summed E-state index contributed by atoms with van der Waals surface area (Å²) < 4.78 is 2.23. The Morgan fingerprint density at radius 1 is 1.25 bits per heavy atom. The fourth-order valence-electron chi connectivity index (χ4n) is 3.69. The second-order valence-corrected chi connectivity index (χ2v) is 10.4. The van der Waals surface area contributed by atoms with Crippen LogP contribution in [0.3, 0.4) is 0 Å². The first-order chi connectivity index (χ1) is 15.3. The van der Waals surface area contributed by atoms with Crippen molar-refractivity contribution in [2.45, 2.75) is 51.2 Å². The monoisotopic (exact) mass is 491 g/mol. The highest BCUT2D eigenvalue weighted by Crippen LogP contribution is 2.30. The summed E-state index contributed by atoms with van der Waals surface area (Å²) >= 11 is 8.81. The SMILES string of the molecule is Cc1c(Cl)cccc1NC(=O)CSc1nc2nc(N3CCCCC3)sc2c(=O)n1C(C)C. The fourth-order valence-corrected chi connectivity index (χ4v) is 5.78. The first kappa shape index (κ1) is 23.1. The molecule has 10 heteroatoms. The summed E-state index contributed by atoms with van der Waals surface area (Å²) in [7, 11) is 0. The van der Waals surface area contributed by atoms with E-state index in [4.69, 9.17) is 11.6 Å². The molecule has 7 nitrogen and oxygen atoms in total. The molecule has 1 aliphatic rings. The minimum absolute atomic E-state index is 0.0827. The molecule has 0 atom stereocenters. The molecule has 32 heavy (non-hydrogen) atoms. The van der Waals surface area contributed by atoms with Crippen molar-refractivity contribution in [3.05, 3.63) is 39.1 Å². The number of rotatable bonds is 6. The Morgan fingerprint density at radius 3 is 2.72 bits per heavy atom. The summed E-state index contributed by atoms with van der Waals surface area (Å²) in [5.74, 6) is -0.0583. The first-order valence-corrected chi connectivity index (χ1v) is 12.9. The lowest BCUT2D eigenvalue weighted by Crippen LogP contribution is -2.29. The van der Waals surface area contributed by atoms with Crippen LogP contribution in [0.15, 0.2) is 28.2 Å². The van der Waals surface area contributed by atoms with Gasteiger partial charge in [-0.2, -0.15) is 4.98 Å².